The predicted molar refractivity (Wildman–Crippen MR) is 82.4 cm³/mol. The number of methoxy groups -OCH3 is 1. The van der Waals surface area contributed by atoms with Gasteiger partial charge in [0.2, 0.25) is 0 Å². The zero-order valence-corrected chi connectivity index (χ0v) is 13.1. The molecule has 0 spiro atoms. The van der Waals surface area contributed by atoms with Crippen molar-refractivity contribution >= 4 is 23.5 Å². The van der Waals surface area contributed by atoms with Gasteiger partial charge >= 0.3 is 0 Å². The molecular weight excluding hydrogens is 305 g/mol. The summed E-state index contributed by atoms with van der Waals surface area (Å²) in [6.07, 6.45) is 4.34. The first-order chi connectivity index (χ1) is 10.5. The fraction of sp³-hybridized carbons (Fsp3) is 0.467. The minimum Gasteiger partial charge on any atom is -0.395 e. The van der Waals surface area contributed by atoms with Gasteiger partial charge in [-0.15, -0.1) is 0 Å². The Hall–Kier alpha value is -1.78. The van der Waals surface area contributed by atoms with Gasteiger partial charge < -0.3 is 10.5 Å². The van der Waals surface area contributed by atoms with Crippen molar-refractivity contribution in [3.05, 3.63) is 23.5 Å². The molecule has 22 heavy (non-hydrogen) atoms. The van der Waals surface area contributed by atoms with Gasteiger partial charge in [-0.05, 0) is 36.9 Å². The maximum atomic E-state index is 13.6. The molecule has 2 rings (SSSR count). The maximum Gasteiger partial charge on any atom is 0.262 e. The summed E-state index contributed by atoms with van der Waals surface area (Å²) in [5, 5.41) is 8.91. The highest BCUT2D eigenvalue weighted by atomic mass is 32.2. The lowest BCUT2D eigenvalue weighted by Crippen LogP contribution is -2.47. The number of carbonyl (C=O) groups is 1. The average molecular weight is 323 g/mol. The summed E-state index contributed by atoms with van der Waals surface area (Å²) in [6.45, 7) is 0. The lowest BCUT2D eigenvalue weighted by molar-refractivity contribution is -0.145. The number of rotatable bonds is 4. The van der Waals surface area contributed by atoms with E-state index in [1.807, 2.05) is 6.07 Å². The molecule has 0 aromatic heterocycles. The van der Waals surface area contributed by atoms with E-state index in [0.29, 0.717) is 17.7 Å². The molecule has 1 amide bonds. The van der Waals surface area contributed by atoms with E-state index in [1.54, 1.807) is 0 Å². The summed E-state index contributed by atoms with van der Waals surface area (Å²) < 4.78 is 21.8. The predicted octanol–water partition coefficient (Wildman–Crippen LogP) is 2.75. The van der Waals surface area contributed by atoms with Crippen LogP contribution in [0.3, 0.4) is 0 Å². The second-order valence-electron chi connectivity index (χ2n) is 5.27. The van der Waals surface area contributed by atoms with E-state index in [1.165, 1.54) is 19.2 Å². The number of nitrogen functional groups attached to an aromatic ring is 1. The van der Waals surface area contributed by atoms with Crippen LogP contribution in [0.4, 0.5) is 10.1 Å². The zero-order valence-electron chi connectivity index (χ0n) is 12.3. The second kappa shape index (κ2) is 6.99. The Morgan fingerprint density at radius 1 is 1.45 bits per heavy atom. The average Bonchev–Trinajstić information content (AvgIpc) is 2.56. The first-order valence-corrected chi connectivity index (χ1v) is 7.85. The van der Waals surface area contributed by atoms with Crippen molar-refractivity contribution in [1.29, 1.82) is 5.26 Å². The second-order valence-corrected chi connectivity index (χ2v) is 6.15. The SMILES string of the molecule is COC1(C(=O)NSc2cc(F)c(N)c(C#N)c2)CCCCC1. The summed E-state index contributed by atoms with van der Waals surface area (Å²) >= 11 is 0.962. The van der Waals surface area contributed by atoms with Crippen molar-refractivity contribution in [1.82, 2.24) is 4.72 Å². The summed E-state index contributed by atoms with van der Waals surface area (Å²) in [5.41, 5.74) is 4.52. The number of ether oxygens (including phenoxy) is 1. The minimum atomic E-state index is -0.810. The van der Waals surface area contributed by atoms with Crippen LogP contribution >= 0.6 is 11.9 Å². The number of hydrogen-bond donors (Lipinski definition) is 2. The molecule has 1 aromatic carbocycles. The highest BCUT2D eigenvalue weighted by Crippen LogP contribution is 2.32. The molecule has 1 aliphatic rings. The molecule has 0 aliphatic heterocycles. The Kier molecular flexibility index (Phi) is 5.27. The molecule has 5 nitrogen and oxygen atoms in total. The number of halogens is 1. The summed E-state index contributed by atoms with van der Waals surface area (Å²) in [7, 11) is 1.53. The largest absolute Gasteiger partial charge is 0.395 e. The molecular formula is C15H18FN3O2S. The lowest BCUT2D eigenvalue weighted by atomic mass is 9.84. The highest BCUT2D eigenvalue weighted by Gasteiger charge is 2.39. The van der Waals surface area contributed by atoms with Gasteiger partial charge in [-0.1, -0.05) is 19.3 Å². The van der Waals surface area contributed by atoms with Gasteiger partial charge in [0.25, 0.3) is 5.91 Å². The van der Waals surface area contributed by atoms with E-state index in [4.69, 9.17) is 15.7 Å². The van der Waals surface area contributed by atoms with E-state index in [-0.39, 0.29) is 17.2 Å². The van der Waals surface area contributed by atoms with E-state index >= 15 is 0 Å². The van der Waals surface area contributed by atoms with Gasteiger partial charge in [0.15, 0.2) is 0 Å². The fourth-order valence-electron chi connectivity index (χ4n) is 2.59. The number of nitrogens with two attached hydrogens (primary N) is 1. The number of nitrogens with one attached hydrogen (secondary N) is 1. The minimum absolute atomic E-state index is 0.0517. The van der Waals surface area contributed by atoms with Gasteiger partial charge in [-0.25, -0.2) is 4.39 Å². The maximum absolute atomic E-state index is 13.6. The zero-order chi connectivity index (χ0) is 16.2. The molecule has 0 radical (unpaired) electrons. The van der Waals surface area contributed by atoms with Crippen molar-refractivity contribution in [3.8, 4) is 6.07 Å². The van der Waals surface area contributed by atoms with Crippen LogP contribution in [-0.2, 0) is 9.53 Å². The number of amides is 1. The number of anilines is 1. The fourth-order valence-corrected chi connectivity index (χ4v) is 3.33. The van der Waals surface area contributed by atoms with Crippen molar-refractivity contribution in [3.63, 3.8) is 0 Å². The number of carbonyl (C=O) groups excluding carboxylic acids is 1. The molecule has 3 N–H and O–H groups in total. The van der Waals surface area contributed by atoms with Gasteiger partial charge in [-0.2, -0.15) is 5.26 Å². The van der Waals surface area contributed by atoms with Crippen molar-refractivity contribution in [2.24, 2.45) is 0 Å². The monoisotopic (exact) mass is 323 g/mol. The van der Waals surface area contributed by atoms with E-state index in [0.717, 1.165) is 31.2 Å². The summed E-state index contributed by atoms with van der Waals surface area (Å²) in [4.78, 5) is 12.8. The van der Waals surface area contributed by atoms with Crippen LogP contribution in [0.1, 0.15) is 37.7 Å². The van der Waals surface area contributed by atoms with Crippen molar-refractivity contribution in [2.45, 2.75) is 42.6 Å². The van der Waals surface area contributed by atoms with Crippen LogP contribution in [0.5, 0.6) is 0 Å². The Morgan fingerprint density at radius 3 is 2.73 bits per heavy atom. The van der Waals surface area contributed by atoms with Crippen molar-refractivity contribution < 1.29 is 13.9 Å². The molecule has 1 aromatic rings. The van der Waals surface area contributed by atoms with Crippen LogP contribution in [0, 0.1) is 17.1 Å². The quantitative estimate of drug-likeness (QED) is 0.657. The van der Waals surface area contributed by atoms with Gasteiger partial charge in [-0.3, -0.25) is 9.52 Å². The Balaban J connectivity index is 2.08. The number of benzene rings is 1. The highest BCUT2D eigenvalue weighted by molar-refractivity contribution is 7.98. The van der Waals surface area contributed by atoms with Gasteiger partial charge in [0.1, 0.15) is 17.5 Å². The first kappa shape index (κ1) is 16.6. The first-order valence-electron chi connectivity index (χ1n) is 7.04. The third-order valence-electron chi connectivity index (χ3n) is 3.95. The standard InChI is InChI=1S/C15H18FN3O2S/c1-21-15(5-3-2-4-6-15)14(20)19-22-11-7-10(9-17)13(18)12(16)8-11/h7-8H,2-6,18H2,1H3,(H,19,20). The molecule has 0 unspecified atom stereocenters. The number of nitrogens with zero attached hydrogens (tertiary/aromatic N) is 1. The molecule has 1 aliphatic carbocycles. The van der Waals surface area contributed by atoms with Gasteiger partial charge in [0.05, 0.1) is 11.3 Å². The molecule has 1 saturated carbocycles. The lowest BCUT2D eigenvalue weighted by Gasteiger charge is -2.34. The van der Waals surface area contributed by atoms with E-state index in [2.05, 4.69) is 4.72 Å². The van der Waals surface area contributed by atoms with Crippen LogP contribution in [-0.4, -0.2) is 18.6 Å². The topological polar surface area (TPSA) is 88.1 Å². The van der Waals surface area contributed by atoms with Crippen LogP contribution in [0.15, 0.2) is 17.0 Å². The van der Waals surface area contributed by atoms with Crippen LogP contribution < -0.4 is 10.5 Å². The van der Waals surface area contributed by atoms with Crippen LogP contribution in [0.25, 0.3) is 0 Å². The number of hydrogen-bond acceptors (Lipinski definition) is 5. The van der Waals surface area contributed by atoms with E-state index < -0.39 is 11.4 Å². The summed E-state index contributed by atoms with van der Waals surface area (Å²) in [6, 6.07) is 4.47. The van der Waals surface area contributed by atoms with Crippen molar-refractivity contribution in [2.75, 3.05) is 12.8 Å². The molecule has 118 valence electrons. The van der Waals surface area contributed by atoms with E-state index in [9.17, 15) is 9.18 Å². The Morgan fingerprint density at radius 2 is 2.14 bits per heavy atom. The smallest absolute Gasteiger partial charge is 0.262 e. The third-order valence-corrected chi connectivity index (χ3v) is 4.71. The molecule has 0 atom stereocenters. The molecule has 0 bridgehead atoms. The molecule has 0 saturated heterocycles. The van der Waals surface area contributed by atoms with Crippen LogP contribution in [0.2, 0.25) is 0 Å². The Labute approximate surface area is 133 Å². The summed E-state index contributed by atoms with van der Waals surface area (Å²) in [5.74, 6) is -0.898. The molecule has 0 heterocycles. The normalized spacial score (nSPS) is 16.8. The molecule has 7 heteroatoms. The number of nitriles is 1. The Bertz CT molecular complexity index is 610. The third kappa shape index (κ3) is 3.34. The molecule has 1 fully saturated rings. The van der Waals surface area contributed by atoms with Gasteiger partial charge in [0, 0.05) is 12.0 Å².